The van der Waals surface area contributed by atoms with Gasteiger partial charge in [-0.05, 0) is 57.0 Å². The maximum Gasteiger partial charge on any atom is 0.256 e. The van der Waals surface area contributed by atoms with Crippen molar-refractivity contribution >= 4 is 27.6 Å². The van der Waals surface area contributed by atoms with Crippen molar-refractivity contribution in [2.75, 3.05) is 13.1 Å². The third-order valence-electron chi connectivity index (χ3n) is 4.47. The van der Waals surface area contributed by atoms with Crippen LogP contribution < -0.4 is 0 Å². The summed E-state index contributed by atoms with van der Waals surface area (Å²) in [5.41, 5.74) is 3.58. The van der Waals surface area contributed by atoms with Crippen LogP contribution in [0.2, 0.25) is 0 Å². The SMILES string of the molecule is Cc1cc(C(=O)N2C[C@@H](C)S(=O)[C@H](C)C2)c2nccc(C)c2c1. The van der Waals surface area contributed by atoms with Crippen molar-refractivity contribution in [3.63, 3.8) is 0 Å². The van der Waals surface area contributed by atoms with Crippen LogP contribution in [0.4, 0.5) is 0 Å². The van der Waals surface area contributed by atoms with Gasteiger partial charge in [-0.25, -0.2) is 0 Å². The van der Waals surface area contributed by atoms with E-state index in [0.717, 1.165) is 22.0 Å². The minimum atomic E-state index is -0.868. The second-order valence-corrected chi connectivity index (χ2v) is 8.76. The molecule has 4 nitrogen and oxygen atoms in total. The van der Waals surface area contributed by atoms with E-state index >= 15 is 0 Å². The number of benzene rings is 1. The molecule has 0 bridgehead atoms. The minimum absolute atomic E-state index is 0.00722. The molecule has 1 aliphatic heterocycles. The number of hydrogen-bond donors (Lipinski definition) is 0. The first-order chi connectivity index (χ1) is 10.9. The molecule has 1 amide bonds. The fourth-order valence-electron chi connectivity index (χ4n) is 3.27. The van der Waals surface area contributed by atoms with E-state index in [2.05, 4.69) is 11.1 Å². The van der Waals surface area contributed by atoms with Gasteiger partial charge >= 0.3 is 0 Å². The molecular weight excluding hydrogens is 308 g/mol. The van der Waals surface area contributed by atoms with Crippen LogP contribution in [-0.2, 0) is 10.8 Å². The maximum absolute atomic E-state index is 13.1. The van der Waals surface area contributed by atoms with E-state index in [9.17, 15) is 9.00 Å². The average molecular weight is 330 g/mol. The van der Waals surface area contributed by atoms with E-state index < -0.39 is 10.8 Å². The molecule has 0 spiro atoms. The van der Waals surface area contributed by atoms with E-state index in [0.29, 0.717) is 18.7 Å². The van der Waals surface area contributed by atoms with Gasteiger partial charge < -0.3 is 4.90 Å². The molecule has 1 aromatic carbocycles. The number of hydrogen-bond acceptors (Lipinski definition) is 3. The Morgan fingerprint density at radius 3 is 2.52 bits per heavy atom. The number of amides is 1. The standard InChI is InChI=1S/C18H22N2O2S/c1-11-7-15-12(2)5-6-19-17(15)16(8-11)18(21)20-9-13(3)23(22)14(4)10-20/h5-8,13-14H,9-10H2,1-4H3/t13-,14-/m1/s1. The van der Waals surface area contributed by atoms with E-state index in [4.69, 9.17) is 0 Å². The molecule has 1 aromatic heterocycles. The van der Waals surface area contributed by atoms with E-state index in [-0.39, 0.29) is 16.4 Å². The van der Waals surface area contributed by atoms with Crippen LogP contribution in [-0.4, -0.2) is 43.6 Å². The number of fused-ring (bicyclic) bond motifs is 1. The Bertz CT molecular complexity index is 789. The van der Waals surface area contributed by atoms with Crippen LogP contribution in [0.1, 0.15) is 35.3 Å². The zero-order valence-electron chi connectivity index (χ0n) is 14.0. The van der Waals surface area contributed by atoms with Crippen molar-refractivity contribution < 1.29 is 9.00 Å². The summed E-state index contributed by atoms with van der Waals surface area (Å²) in [6.07, 6.45) is 1.75. The van der Waals surface area contributed by atoms with Gasteiger partial charge in [-0.2, -0.15) is 0 Å². The quantitative estimate of drug-likeness (QED) is 0.808. The molecule has 122 valence electrons. The van der Waals surface area contributed by atoms with Crippen molar-refractivity contribution in [3.8, 4) is 0 Å². The van der Waals surface area contributed by atoms with Crippen LogP contribution in [0.25, 0.3) is 10.9 Å². The molecule has 2 aromatic rings. The lowest BCUT2D eigenvalue weighted by Gasteiger charge is -2.34. The fraction of sp³-hybridized carbons (Fsp3) is 0.444. The van der Waals surface area contributed by atoms with Gasteiger partial charge in [-0.3, -0.25) is 14.0 Å². The third kappa shape index (κ3) is 2.90. The minimum Gasteiger partial charge on any atom is -0.336 e. The van der Waals surface area contributed by atoms with E-state index in [1.807, 2.05) is 44.7 Å². The Hall–Kier alpha value is -1.75. The molecule has 23 heavy (non-hydrogen) atoms. The van der Waals surface area contributed by atoms with Crippen LogP contribution in [0, 0.1) is 13.8 Å². The summed E-state index contributed by atoms with van der Waals surface area (Å²) in [6.45, 7) is 9.00. The zero-order chi connectivity index (χ0) is 16.7. The van der Waals surface area contributed by atoms with Crippen molar-refractivity contribution in [1.29, 1.82) is 0 Å². The first-order valence-electron chi connectivity index (χ1n) is 7.93. The second-order valence-electron chi connectivity index (χ2n) is 6.50. The van der Waals surface area contributed by atoms with Gasteiger partial charge in [0.2, 0.25) is 0 Å². The van der Waals surface area contributed by atoms with Crippen LogP contribution >= 0.6 is 0 Å². The lowest BCUT2D eigenvalue weighted by Crippen LogP contribution is -2.49. The summed E-state index contributed by atoms with van der Waals surface area (Å²) in [5.74, 6) is -0.00722. The van der Waals surface area contributed by atoms with Crippen molar-refractivity contribution in [2.24, 2.45) is 0 Å². The highest BCUT2D eigenvalue weighted by Gasteiger charge is 2.32. The normalized spacial score (nSPS) is 22.5. The third-order valence-corrected chi connectivity index (χ3v) is 6.36. The Balaban J connectivity index is 2.05. The Morgan fingerprint density at radius 1 is 1.22 bits per heavy atom. The summed E-state index contributed by atoms with van der Waals surface area (Å²) in [7, 11) is -0.868. The highest BCUT2D eigenvalue weighted by Crippen LogP contribution is 2.25. The summed E-state index contributed by atoms with van der Waals surface area (Å²) in [4.78, 5) is 19.3. The number of rotatable bonds is 1. The Kier molecular flexibility index (Phi) is 4.23. The zero-order valence-corrected chi connectivity index (χ0v) is 14.8. The lowest BCUT2D eigenvalue weighted by atomic mass is 10.0. The molecule has 0 radical (unpaired) electrons. The molecule has 2 heterocycles. The van der Waals surface area contributed by atoms with Crippen LogP contribution in [0.5, 0.6) is 0 Å². The molecule has 0 N–H and O–H groups in total. The number of pyridine rings is 1. The van der Waals surface area contributed by atoms with Gasteiger partial charge in [0.15, 0.2) is 0 Å². The van der Waals surface area contributed by atoms with Gasteiger partial charge in [0.1, 0.15) is 0 Å². The number of carbonyl (C=O) groups excluding carboxylic acids is 1. The van der Waals surface area contributed by atoms with Gasteiger partial charge in [0.25, 0.3) is 5.91 Å². The van der Waals surface area contributed by atoms with Gasteiger partial charge in [0, 0.05) is 46.0 Å². The van der Waals surface area contributed by atoms with Crippen molar-refractivity contribution in [1.82, 2.24) is 9.88 Å². The second kappa shape index (κ2) is 6.04. The lowest BCUT2D eigenvalue weighted by molar-refractivity contribution is 0.0753. The van der Waals surface area contributed by atoms with Crippen molar-refractivity contribution in [3.05, 3.63) is 41.1 Å². The molecule has 0 saturated carbocycles. The molecule has 1 aliphatic rings. The molecule has 0 aliphatic carbocycles. The highest BCUT2D eigenvalue weighted by molar-refractivity contribution is 7.86. The number of aromatic nitrogens is 1. The molecule has 2 atom stereocenters. The topological polar surface area (TPSA) is 50.3 Å². The summed E-state index contributed by atoms with van der Waals surface area (Å²) in [5, 5.41) is 1.04. The van der Waals surface area contributed by atoms with E-state index in [1.54, 1.807) is 6.20 Å². The predicted octanol–water partition coefficient (Wildman–Crippen LogP) is 2.83. The number of carbonyl (C=O) groups is 1. The Labute approximate surface area is 139 Å². The van der Waals surface area contributed by atoms with Crippen LogP contribution in [0.15, 0.2) is 24.4 Å². The fourth-order valence-corrected chi connectivity index (χ4v) is 4.72. The summed E-state index contributed by atoms with van der Waals surface area (Å²) < 4.78 is 12.1. The summed E-state index contributed by atoms with van der Waals surface area (Å²) >= 11 is 0. The molecule has 0 unspecified atom stereocenters. The Morgan fingerprint density at radius 2 is 1.87 bits per heavy atom. The first kappa shape index (κ1) is 16.1. The maximum atomic E-state index is 13.1. The van der Waals surface area contributed by atoms with E-state index in [1.165, 1.54) is 0 Å². The summed E-state index contributed by atoms with van der Waals surface area (Å²) in [6, 6.07) is 5.95. The highest BCUT2D eigenvalue weighted by atomic mass is 32.2. The molecular formula is C18H22N2O2S. The molecule has 5 heteroatoms. The van der Waals surface area contributed by atoms with Gasteiger partial charge in [0.05, 0.1) is 11.1 Å². The van der Waals surface area contributed by atoms with Crippen molar-refractivity contribution in [2.45, 2.75) is 38.2 Å². The first-order valence-corrected chi connectivity index (χ1v) is 9.20. The van der Waals surface area contributed by atoms with Gasteiger partial charge in [-0.1, -0.05) is 0 Å². The number of nitrogens with zero attached hydrogens (tertiary/aromatic N) is 2. The number of aryl methyl sites for hydroxylation is 2. The molecule has 1 fully saturated rings. The predicted molar refractivity (Wildman–Crippen MR) is 94.2 cm³/mol. The molecule has 1 saturated heterocycles. The largest absolute Gasteiger partial charge is 0.336 e. The molecule has 3 rings (SSSR count). The monoisotopic (exact) mass is 330 g/mol. The van der Waals surface area contributed by atoms with Crippen LogP contribution in [0.3, 0.4) is 0 Å². The van der Waals surface area contributed by atoms with Gasteiger partial charge in [-0.15, -0.1) is 0 Å². The smallest absolute Gasteiger partial charge is 0.256 e. The average Bonchev–Trinajstić information content (AvgIpc) is 2.51.